The van der Waals surface area contributed by atoms with E-state index in [1.165, 1.54) is 11.1 Å². The Bertz CT molecular complexity index is 940. The predicted molar refractivity (Wildman–Crippen MR) is 140 cm³/mol. The number of carbonyl (C=O) groups is 2. The standard InChI is InChI=1S/C27H37N3O3S/c1-20(2)22-11-9-21(10-12-22)19-29-14-16-30(17-15-29)27(32)24(13-18-34-4)28-26(31)23-7-5-6-8-25(23)33-3/h5-12,20,24H,13-19H2,1-4H3,(H,28,31). The molecule has 1 N–H and O–H groups in total. The van der Waals surface area contributed by atoms with Gasteiger partial charge in [-0.15, -0.1) is 0 Å². The number of piperazine rings is 1. The Morgan fingerprint density at radius 1 is 1.03 bits per heavy atom. The highest BCUT2D eigenvalue weighted by atomic mass is 32.2. The summed E-state index contributed by atoms with van der Waals surface area (Å²) < 4.78 is 5.32. The van der Waals surface area contributed by atoms with Gasteiger partial charge in [-0.3, -0.25) is 14.5 Å². The molecule has 2 aromatic rings. The van der Waals surface area contributed by atoms with Crippen molar-refractivity contribution in [1.82, 2.24) is 15.1 Å². The van der Waals surface area contributed by atoms with Crippen LogP contribution in [0, 0.1) is 0 Å². The van der Waals surface area contributed by atoms with E-state index in [0.29, 0.717) is 36.7 Å². The molecule has 0 aliphatic carbocycles. The van der Waals surface area contributed by atoms with Crippen LogP contribution in [-0.2, 0) is 11.3 Å². The number of hydrogen-bond donors (Lipinski definition) is 1. The molecule has 2 amide bonds. The van der Waals surface area contributed by atoms with Crippen LogP contribution in [0.25, 0.3) is 0 Å². The van der Waals surface area contributed by atoms with Crippen molar-refractivity contribution in [3.8, 4) is 5.75 Å². The summed E-state index contributed by atoms with van der Waals surface area (Å²) >= 11 is 1.67. The van der Waals surface area contributed by atoms with Crippen molar-refractivity contribution in [3.05, 3.63) is 65.2 Å². The van der Waals surface area contributed by atoms with E-state index in [4.69, 9.17) is 4.74 Å². The second-order valence-corrected chi connectivity index (χ2v) is 9.99. The van der Waals surface area contributed by atoms with Crippen molar-refractivity contribution in [2.45, 2.75) is 38.8 Å². The van der Waals surface area contributed by atoms with Gasteiger partial charge < -0.3 is 15.0 Å². The number of hydrogen-bond acceptors (Lipinski definition) is 5. The first-order valence-electron chi connectivity index (χ1n) is 12.0. The van der Waals surface area contributed by atoms with Crippen LogP contribution in [0.3, 0.4) is 0 Å². The van der Waals surface area contributed by atoms with Crippen LogP contribution in [0.2, 0.25) is 0 Å². The van der Waals surface area contributed by atoms with Crippen molar-refractivity contribution >= 4 is 23.6 Å². The minimum atomic E-state index is -0.542. The van der Waals surface area contributed by atoms with Crippen LogP contribution in [-0.4, -0.2) is 73.0 Å². The van der Waals surface area contributed by atoms with Gasteiger partial charge in [0.15, 0.2) is 0 Å². The second-order valence-electron chi connectivity index (χ2n) is 9.01. The highest BCUT2D eigenvalue weighted by Crippen LogP contribution is 2.19. The lowest BCUT2D eigenvalue weighted by Gasteiger charge is -2.36. The maximum absolute atomic E-state index is 13.3. The van der Waals surface area contributed by atoms with Crippen LogP contribution in [0.4, 0.5) is 0 Å². The Kier molecular flexibility index (Phi) is 9.84. The van der Waals surface area contributed by atoms with Crippen LogP contribution >= 0.6 is 11.8 Å². The lowest BCUT2D eigenvalue weighted by atomic mass is 10.0. The van der Waals surface area contributed by atoms with E-state index in [-0.39, 0.29) is 11.8 Å². The number of para-hydroxylation sites is 1. The minimum Gasteiger partial charge on any atom is -0.496 e. The lowest BCUT2D eigenvalue weighted by Crippen LogP contribution is -2.55. The number of nitrogens with one attached hydrogen (secondary N) is 1. The maximum Gasteiger partial charge on any atom is 0.255 e. The molecule has 0 bridgehead atoms. The molecule has 1 saturated heterocycles. The number of methoxy groups -OCH3 is 1. The third kappa shape index (κ3) is 7.00. The Morgan fingerprint density at radius 2 is 1.71 bits per heavy atom. The van der Waals surface area contributed by atoms with Gasteiger partial charge in [-0.25, -0.2) is 0 Å². The molecule has 1 atom stereocenters. The van der Waals surface area contributed by atoms with Gasteiger partial charge in [-0.1, -0.05) is 50.2 Å². The summed E-state index contributed by atoms with van der Waals surface area (Å²) in [6, 6.07) is 15.4. The van der Waals surface area contributed by atoms with Crippen LogP contribution in [0.15, 0.2) is 48.5 Å². The van der Waals surface area contributed by atoms with E-state index in [0.717, 1.165) is 25.4 Å². The van der Waals surface area contributed by atoms with E-state index in [1.807, 2.05) is 17.2 Å². The summed E-state index contributed by atoms with van der Waals surface area (Å²) in [6.45, 7) is 8.29. The molecule has 1 fully saturated rings. The summed E-state index contributed by atoms with van der Waals surface area (Å²) in [6.07, 6.45) is 2.61. The second kappa shape index (κ2) is 12.8. The number of ether oxygens (including phenoxy) is 1. The van der Waals surface area contributed by atoms with Crippen molar-refractivity contribution in [2.75, 3.05) is 45.3 Å². The molecule has 184 valence electrons. The fourth-order valence-electron chi connectivity index (χ4n) is 4.17. The molecule has 2 aromatic carbocycles. The first-order valence-corrected chi connectivity index (χ1v) is 13.3. The minimum absolute atomic E-state index is 0.00163. The number of rotatable bonds is 10. The van der Waals surface area contributed by atoms with Gasteiger partial charge in [0.1, 0.15) is 11.8 Å². The van der Waals surface area contributed by atoms with Gasteiger partial charge in [0.05, 0.1) is 12.7 Å². The number of benzene rings is 2. The van der Waals surface area contributed by atoms with Gasteiger partial charge in [-0.2, -0.15) is 11.8 Å². The van der Waals surface area contributed by atoms with Crippen LogP contribution in [0.5, 0.6) is 5.75 Å². The molecule has 1 aliphatic rings. The molecular weight excluding hydrogens is 446 g/mol. The smallest absolute Gasteiger partial charge is 0.255 e. The van der Waals surface area contributed by atoms with E-state index in [1.54, 1.807) is 37.1 Å². The average molecular weight is 484 g/mol. The highest BCUT2D eigenvalue weighted by Gasteiger charge is 2.29. The first kappa shape index (κ1) is 26.1. The Balaban J connectivity index is 1.58. The molecular formula is C27H37N3O3S. The molecule has 0 radical (unpaired) electrons. The third-order valence-electron chi connectivity index (χ3n) is 6.30. The summed E-state index contributed by atoms with van der Waals surface area (Å²) in [5.41, 5.74) is 3.09. The predicted octanol–water partition coefficient (Wildman–Crippen LogP) is 4.01. The number of nitrogens with zero attached hydrogens (tertiary/aromatic N) is 2. The fourth-order valence-corrected chi connectivity index (χ4v) is 4.65. The molecule has 0 spiro atoms. The Hall–Kier alpha value is -2.51. The SMILES string of the molecule is COc1ccccc1C(=O)NC(CCSC)C(=O)N1CCN(Cc2ccc(C(C)C)cc2)CC1. The Morgan fingerprint density at radius 3 is 2.32 bits per heavy atom. The zero-order valence-corrected chi connectivity index (χ0v) is 21.6. The van der Waals surface area contributed by atoms with Gasteiger partial charge in [0.2, 0.25) is 5.91 Å². The molecule has 7 heteroatoms. The summed E-state index contributed by atoms with van der Waals surface area (Å²) in [4.78, 5) is 30.6. The zero-order valence-electron chi connectivity index (χ0n) is 20.8. The van der Waals surface area contributed by atoms with Gasteiger partial charge in [-0.05, 0) is 47.6 Å². The van der Waals surface area contributed by atoms with Crippen molar-refractivity contribution in [2.24, 2.45) is 0 Å². The lowest BCUT2D eigenvalue weighted by molar-refractivity contribution is -0.135. The quantitative estimate of drug-likeness (QED) is 0.553. The molecule has 3 rings (SSSR count). The summed E-state index contributed by atoms with van der Waals surface area (Å²) in [7, 11) is 1.54. The van der Waals surface area contributed by atoms with Gasteiger partial charge in [0.25, 0.3) is 5.91 Å². The van der Waals surface area contributed by atoms with Gasteiger partial charge >= 0.3 is 0 Å². The van der Waals surface area contributed by atoms with Crippen LogP contribution in [0.1, 0.15) is 47.7 Å². The zero-order chi connectivity index (χ0) is 24.5. The number of amides is 2. The van der Waals surface area contributed by atoms with Crippen molar-refractivity contribution < 1.29 is 14.3 Å². The normalized spacial score (nSPS) is 15.3. The van der Waals surface area contributed by atoms with Crippen molar-refractivity contribution in [3.63, 3.8) is 0 Å². The van der Waals surface area contributed by atoms with Crippen LogP contribution < -0.4 is 10.1 Å². The summed E-state index contributed by atoms with van der Waals surface area (Å²) in [5.74, 6) is 1.56. The molecule has 1 aliphatic heterocycles. The molecule has 0 saturated carbocycles. The molecule has 0 aromatic heterocycles. The first-order chi connectivity index (χ1) is 16.4. The molecule has 1 heterocycles. The summed E-state index contributed by atoms with van der Waals surface area (Å²) in [5, 5.41) is 2.97. The molecule has 6 nitrogen and oxygen atoms in total. The van der Waals surface area contributed by atoms with Gasteiger partial charge in [0, 0.05) is 32.7 Å². The number of carbonyl (C=O) groups excluding carboxylic acids is 2. The largest absolute Gasteiger partial charge is 0.496 e. The molecule has 1 unspecified atom stereocenters. The fraction of sp³-hybridized carbons (Fsp3) is 0.481. The van der Waals surface area contributed by atoms with E-state index >= 15 is 0 Å². The average Bonchev–Trinajstić information content (AvgIpc) is 2.86. The third-order valence-corrected chi connectivity index (χ3v) is 6.95. The maximum atomic E-state index is 13.3. The molecule has 34 heavy (non-hydrogen) atoms. The van der Waals surface area contributed by atoms with Crippen molar-refractivity contribution in [1.29, 1.82) is 0 Å². The monoisotopic (exact) mass is 483 g/mol. The van der Waals surface area contributed by atoms with E-state index in [2.05, 4.69) is 48.3 Å². The van der Waals surface area contributed by atoms with E-state index < -0.39 is 6.04 Å². The van der Waals surface area contributed by atoms with E-state index in [9.17, 15) is 9.59 Å². The highest BCUT2D eigenvalue weighted by molar-refractivity contribution is 7.98. The Labute approximate surface area is 208 Å². The number of thioether (sulfide) groups is 1. The topological polar surface area (TPSA) is 61.9 Å².